The summed E-state index contributed by atoms with van der Waals surface area (Å²) in [6.07, 6.45) is 2.57. The van der Waals surface area contributed by atoms with E-state index in [4.69, 9.17) is 0 Å². The highest BCUT2D eigenvalue weighted by atomic mass is 19.1. The summed E-state index contributed by atoms with van der Waals surface area (Å²) in [7, 11) is 4.08. The fraction of sp³-hybridized carbons (Fsp3) is 0.600. The number of ketones is 1. The number of aromatic nitrogens is 1. The van der Waals surface area contributed by atoms with E-state index in [1.165, 1.54) is 12.1 Å². The van der Waals surface area contributed by atoms with Gasteiger partial charge in [0.1, 0.15) is 11.5 Å². The summed E-state index contributed by atoms with van der Waals surface area (Å²) < 4.78 is 12.8. The van der Waals surface area contributed by atoms with Crippen LogP contribution >= 0.6 is 0 Å². The Morgan fingerprint density at radius 3 is 2.50 bits per heavy atom. The Balaban J connectivity index is 2.45. The molecule has 1 aromatic heterocycles. The van der Waals surface area contributed by atoms with Gasteiger partial charge in [0.25, 0.3) is 0 Å². The molecule has 0 bridgehead atoms. The van der Waals surface area contributed by atoms with E-state index >= 15 is 0 Å². The Hall–Kier alpha value is -1.33. The van der Waals surface area contributed by atoms with Gasteiger partial charge < -0.3 is 9.80 Å². The summed E-state index contributed by atoms with van der Waals surface area (Å²) in [5.74, 6) is -0.448. The Morgan fingerprint density at radius 1 is 1.20 bits per heavy atom. The third-order valence-electron chi connectivity index (χ3n) is 3.07. The lowest BCUT2D eigenvalue weighted by Crippen LogP contribution is -2.34. The molecule has 5 heteroatoms. The van der Waals surface area contributed by atoms with E-state index < -0.39 is 5.82 Å². The van der Waals surface area contributed by atoms with Crippen LogP contribution in [0.1, 0.15) is 30.3 Å². The number of nitrogens with zero attached hydrogens (tertiary/aromatic N) is 3. The highest BCUT2D eigenvalue weighted by molar-refractivity contribution is 5.94. The van der Waals surface area contributed by atoms with Gasteiger partial charge in [-0.05, 0) is 39.2 Å². The Kier molecular flexibility index (Phi) is 7.33. The normalized spacial score (nSPS) is 11.3. The van der Waals surface area contributed by atoms with Gasteiger partial charge in [-0.1, -0.05) is 6.92 Å². The summed E-state index contributed by atoms with van der Waals surface area (Å²) in [6, 6.07) is 2.72. The molecule has 0 fully saturated rings. The molecular formula is C15H24FN3O. The lowest BCUT2D eigenvalue weighted by molar-refractivity contribution is 0.0957. The molecule has 0 aliphatic heterocycles. The first-order chi connectivity index (χ1) is 9.52. The number of Topliss-reactive ketones (excluding diaryl/α,β-unsaturated/α-hetero) is 1. The van der Waals surface area contributed by atoms with E-state index in [2.05, 4.69) is 21.7 Å². The zero-order valence-electron chi connectivity index (χ0n) is 12.6. The zero-order chi connectivity index (χ0) is 15.0. The van der Waals surface area contributed by atoms with E-state index in [-0.39, 0.29) is 5.78 Å². The van der Waals surface area contributed by atoms with E-state index in [0.29, 0.717) is 12.1 Å². The molecular weight excluding hydrogens is 257 g/mol. The van der Waals surface area contributed by atoms with Crippen LogP contribution in [0.5, 0.6) is 0 Å². The lowest BCUT2D eigenvalue weighted by atomic mass is 10.2. The number of carbonyl (C=O) groups excluding carboxylic acids is 1. The topological polar surface area (TPSA) is 36.4 Å². The van der Waals surface area contributed by atoms with Crippen molar-refractivity contribution >= 4 is 5.78 Å². The van der Waals surface area contributed by atoms with Crippen molar-refractivity contribution in [3.05, 3.63) is 29.8 Å². The van der Waals surface area contributed by atoms with E-state index in [1.54, 1.807) is 0 Å². The standard InChI is InChI=1S/C15H24FN3O/c1-4-8-19(11-10-18(2)3)9-7-15(20)14-6-5-13(16)12-17-14/h5-6,12H,4,7-11H2,1-3H3. The quantitative estimate of drug-likeness (QED) is 0.649. The first-order valence-electron chi connectivity index (χ1n) is 7.04. The SMILES string of the molecule is CCCN(CCC(=O)c1ccc(F)cn1)CCN(C)C. The summed E-state index contributed by atoms with van der Waals surface area (Å²) in [5, 5.41) is 0. The second-order valence-corrected chi connectivity index (χ2v) is 5.18. The Bertz CT molecular complexity index is 406. The maximum Gasteiger partial charge on any atom is 0.182 e. The molecule has 4 nitrogen and oxygen atoms in total. The van der Waals surface area contributed by atoms with Crippen LogP contribution in [0, 0.1) is 5.82 Å². The van der Waals surface area contributed by atoms with Gasteiger partial charge in [0, 0.05) is 26.1 Å². The number of carbonyl (C=O) groups is 1. The Labute approximate surface area is 120 Å². The van der Waals surface area contributed by atoms with Gasteiger partial charge in [0.2, 0.25) is 0 Å². The van der Waals surface area contributed by atoms with Crippen molar-refractivity contribution in [2.45, 2.75) is 19.8 Å². The molecule has 112 valence electrons. The van der Waals surface area contributed by atoms with Crippen molar-refractivity contribution in [3.63, 3.8) is 0 Å². The number of hydrogen-bond acceptors (Lipinski definition) is 4. The summed E-state index contributed by atoms with van der Waals surface area (Å²) in [6.45, 7) is 5.76. The summed E-state index contributed by atoms with van der Waals surface area (Å²) in [5.41, 5.74) is 0.343. The van der Waals surface area contributed by atoms with Gasteiger partial charge in [0.05, 0.1) is 6.20 Å². The lowest BCUT2D eigenvalue weighted by Gasteiger charge is -2.23. The minimum atomic E-state index is -0.417. The smallest absolute Gasteiger partial charge is 0.182 e. The van der Waals surface area contributed by atoms with Crippen LogP contribution in [0.4, 0.5) is 4.39 Å². The van der Waals surface area contributed by atoms with Crippen molar-refractivity contribution in [2.75, 3.05) is 40.3 Å². The van der Waals surface area contributed by atoms with Crippen LogP contribution in [-0.2, 0) is 0 Å². The molecule has 0 saturated heterocycles. The molecule has 0 aliphatic carbocycles. The van der Waals surface area contributed by atoms with E-state index in [1.807, 2.05) is 14.1 Å². The first-order valence-corrected chi connectivity index (χ1v) is 7.04. The molecule has 0 saturated carbocycles. The molecule has 0 N–H and O–H groups in total. The molecule has 0 aliphatic rings. The molecule has 0 amide bonds. The van der Waals surface area contributed by atoms with Crippen LogP contribution in [0.15, 0.2) is 18.3 Å². The van der Waals surface area contributed by atoms with E-state index in [0.717, 1.165) is 38.8 Å². The fourth-order valence-electron chi connectivity index (χ4n) is 1.92. The molecule has 20 heavy (non-hydrogen) atoms. The average Bonchev–Trinajstić information content (AvgIpc) is 2.42. The minimum absolute atomic E-state index is 0.0315. The van der Waals surface area contributed by atoms with Crippen molar-refractivity contribution in [2.24, 2.45) is 0 Å². The molecule has 0 spiro atoms. The van der Waals surface area contributed by atoms with Crippen molar-refractivity contribution < 1.29 is 9.18 Å². The fourth-order valence-corrected chi connectivity index (χ4v) is 1.92. The third-order valence-corrected chi connectivity index (χ3v) is 3.07. The van der Waals surface area contributed by atoms with Gasteiger partial charge in [-0.25, -0.2) is 4.39 Å². The van der Waals surface area contributed by atoms with Crippen LogP contribution in [0.25, 0.3) is 0 Å². The van der Waals surface area contributed by atoms with E-state index in [9.17, 15) is 9.18 Å². The molecule has 1 heterocycles. The third kappa shape index (κ3) is 6.21. The van der Waals surface area contributed by atoms with Crippen molar-refractivity contribution in [1.82, 2.24) is 14.8 Å². The highest BCUT2D eigenvalue weighted by Crippen LogP contribution is 2.04. The van der Waals surface area contributed by atoms with Gasteiger partial charge in [-0.3, -0.25) is 9.78 Å². The van der Waals surface area contributed by atoms with Crippen LogP contribution in [0.2, 0.25) is 0 Å². The van der Waals surface area contributed by atoms with Gasteiger partial charge in [0.15, 0.2) is 5.78 Å². The molecule has 0 aromatic carbocycles. The predicted molar refractivity (Wildman–Crippen MR) is 78.4 cm³/mol. The summed E-state index contributed by atoms with van der Waals surface area (Å²) >= 11 is 0. The zero-order valence-corrected chi connectivity index (χ0v) is 12.6. The molecule has 0 unspecified atom stereocenters. The second kappa shape index (κ2) is 8.76. The summed E-state index contributed by atoms with van der Waals surface area (Å²) in [4.78, 5) is 20.2. The maximum absolute atomic E-state index is 12.8. The monoisotopic (exact) mass is 281 g/mol. The molecule has 0 radical (unpaired) electrons. The average molecular weight is 281 g/mol. The number of rotatable bonds is 9. The predicted octanol–water partition coefficient (Wildman–Crippen LogP) is 2.07. The number of likely N-dealkylation sites (N-methyl/N-ethyl adjacent to an activating group) is 1. The first kappa shape index (κ1) is 16.7. The van der Waals surface area contributed by atoms with Gasteiger partial charge in [-0.2, -0.15) is 0 Å². The van der Waals surface area contributed by atoms with Crippen LogP contribution in [0.3, 0.4) is 0 Å². The van der Waals surface area contributed by atoms with Gasteiger partial charge >= 0.3 is 0 Å². The second-order valence-electron chi connectivity index (χ2n) is 5.18. The minimum Gasteiger partial charge on any atom is -0.308 e. The highest BCUT2D eigenvalue weighted by Gasteiger charge is 2.11. The van der Waals surface area contributed by atoms with Crippen LogP contribution in [-0.4, -0.2) is 60.8 Å². The Morgan fingerprint density at radius 2 is 1.95 bits per heavy atom. The van der Waals surface area contributed by atoms with Crippen LogP contribution < -0.4 is 0 Å². The van der Waals surface area contributed by atoms with Gasteiger partial charge in [-0.15, -0.1) is 0 Å². The molecule has 0 atom stereocenters. The number of pyridine rings is 1. The number of halogens is 1. The molecule has 1 aromatic rings. The number of hydrogen-bond donors (Lipinski definition) is 0. The van der Waals surface area contributed by atoms with Crippen molar-refractivity contribution in [3.8, 4) is 0 Å². The molecule has 1 rings (SSSR count). The van der Waals surface area contributed by atoms with Crippen molar-refractivity contribution in [1.29, 1.82) is 0 Å². The maximum atomic E-state index is 12.8. The largest absolute Gasteiger partial charge is 0.308 e.